The van der Waals surface area contributed by atoms with Gasteiger partial charge in [-0.25, -0.2) is 0 Å². The summed E-state index contributed by atoms with van der Waals surface area (Å²) in [5, 5.41) is 4.22. The average molecular weight is 354 g/mol. The monoisotopic (exact) mass is 353 g/mol. The summed E-state index contributed by atoms with van der Waals surface area (Å²) in [6, 6.07) is 6.10. The lowest BCUT2D eigenvalue weighted by atomic mass is 9.95. The van der Waals surface area contributed by atoms with Gasteiger partial charge in [-0.3, -0.25) is 9.69 Å². The Morgan fingerprint density at radius 3 is 2.69 bits per heavy atom. The van der Waals surface area contributed by atoms with E-state index in [0.29, 0.717) is 5.92 Å². The van der Waals surface area contributed by atoms with Gasteiger partial charge in [0.15, 0.2) is 0 Å². The second-order valence-corrected chi connectivity index (χ2v) is 8.80. The van der Waals surface area contributed by atoms with Gasteiger partial charge in [-0.1, -0.05) is 40.7 Å². The van der Waals surface area contributed by atoms with E-state index in [-0.39, 0.29) is 5.91 Å². The van der Waals surface area contributed by atoms with Gasteiger partial charge in [0.2, 0.25) is 5.91 Å². The van der Waals surface area contributed by atoms with E-state index in [0.717, 1.165) is 37.3 Å². The first kappa shape index (κ1) is 18.7. The molecule has 1 aliphatic heterocycles. The largest absolute Gasteiger partial charge is 0.361 e. The van der Waals surface area contributed by atoms with Crippen LogP contribution in [0, 0.1) is 11.3 Å². The quantitative estimate of drug-likeness (QED) is 0.821. The zero-order valence-electron chi connectivity index (χ0n) is 16.6. The molecule has 0 radical (unpaired) electrons. The van der Waals surface area contributed by atoms with Crippen molar-refractivity contribution in [3.05, 3.63) is 36.0 Å². The number of nitrogens with one attached hydrogen (secondary N) is 2. The number of hydrogen-bond acceptors (Lipinski definition) is 2. The van der Waals surface area contributed by atoms with Crippen LogP contribution in [0.2, 0.25) is 0 Å². The molecule has 2 heterocycles. The molecule has 4 nitrogen and oxygen atoms in total. The minimum absolute atomic E-state index is 0.0372. The molecule has 140 valence electrons. The van der Waals surface area contributed by atoms with E-state index >= 15 is 0 Å². The fourth-order valence-corrected chi connectivity index (χ4v) is 3.42. The highest BCUT2D eigenvalue weighted by Gasteiger charge is 2.22. The van der Waals surface area contributed by atoms with Crippen LogP contribution in [0.5, 0.6) is 0 Å². The molecule has 0 bridgehead atoms. The van der Waals surface area contributed by atoms with Crippen molar-refractivity contribution in [1.82, 2.24) is 9.88 Å². The van der Waals surface area contributed by atoms with Crippen LogP contribution in [-0.2, 0) is 4.79 Å². The molecular formula is C22H31N3O. The smallest absolute Gasteiger partial charge is 0.229 e. The van der Waals surface area contributed by atoms with E-state index < -0.39 is 5.41 Å². The van der Waals surface area contributed by atoms with Gasteiger partial charge in [-0.2, -0.15) is 0 Å². The third-order valence-electron chi connectivity index (χ3n) is 4.88. The molecule has 0 fully saturated rings. The van der Waals surface area contributed by atoms with Crippen molar-refractivity contribution in [2.24, 2.45) is 11.3 Å². The molecule has 1 aliphatic rings. The Hall–Kier alpha value is -2.07. The standard InChI is InChI=1S/C22H31N3O/c1-15(2)14-25-10-8-16(9-11-25)19-13-23-20-7-6-17(12-18(19)20)24-21(26)22(3,4)5/h6-8,12-13,15,23H,9-11,14H2,1-5H3,(H,24,26). The van der Waals surface area contributed by atoms with E-state index in [2.05, 4.69) is 47.4 Å². The van der Waals surface area contributed by atoms with Crippen LogP contribution in [0.4, 0.5) is 5.69 Å². The van der Waals surface area contributed by atoms with E-state index in [1.807, 2.05) is 32.9 Å². The van der Waals surface area contributed by atoms with Crippen molar-refractivity contribution in [3.8, 4) is 0 Å². The van der Waals surface area contributed by atoms with Gasteiger partial charge in [0.25, 0.3) is 0 Å². The Bertz CT molecular complexity index is 824. The molecule has 1 aromatic heterocycles. The van der Waals surface area contributed by atoms with Crippen molar-refractivity contribution >= 4 is 28.1 Å². The molecule has 0 spiro atoms. The minimum Gasteiger partial charge on any atom is -0.361 e. The number of amides is 1. The first-order valence-electron chi connectivity index (χ1n) is 9.58. The predicted octanol–water partition coefficient (Wildman–Crippen LogP) is 4.90. The van der Waals surface area contributed by atoms with E-state index in [1.165, 1.54) is 16.5 Å². The number of carbonyl (C=O) groups excluding carboxylic acids is 1. The number of aromatic nitrogens is 1. The number of fused-ring (bicyclic) bond motifs is 1. The van der Waals surface area contributed by atoms with Crippen molar-refractivity contribution in [3.63, 3.8) is 0 Å². The number of H-pyrrole nitrogens is 1. The summed E-state index contributed by atoms with van der Waals surface area (Å²) >= 11 is 0. The Labute approximate surface area is 156 Å². The number of anilines is 1. The summed E-state index contributed by atoms with van der Waals surface area (Å²) in [6.45, 7) is 13.6. The first-order valence-corrected chi connectivity index (χ1v) is 9.58. The van der Waals surface area contributed by atoms with Crippen molar-refractivity contribution < 1.29 is 4.79 Å². The summed E-state index contributed by atoms with van der Waals surface area (Å²) in [7, 11) is 0. The fourth-order valence-electron chi connectivity index (χ4n) is 3.42. The maximum atomic E-state index is 12.3. The lowest BCUT2D eigenvalue weighted by Crippen LogP contribution is -2.31. The van der Waals surface area contributed by atoms with Crippen molar-refractivity contribution in [2.75, 3.05) is 25.0 Å². The Balaban J connectivity index is 1.83. The molecule has 26 heavy (non-hydrogen) atoms. The van der Waals surface area contributed by atoms with Gasteiger partial charge in [-0.15, -0.1) is 0 Å². The van der Waals surface area contributed by atoms with E-state index in [4.69, 9.17) is 0 Å². The van der Waals surface area contributed by atoms with Crippen LogP contribution < -0.4 is 5.32 Å². The summed E-state index contributed by atoms with van der Waals surface area (Å²) in [5.41, 5.74) is 4.23. The lowest BCUT2D eigenvalue weighted by molar-refractivity contribution is -0.123. The fraction of sp³-hybridized carbons (Fsp3) is 0.500. The molecule has 0 atom stereocenters. The number of rotatable bonds is 4. The Kier molecular flexibility index (Phi) is 5.24. The Morgan fingerprint density at radius 1 is 1.31 bits per heavy atom. The number of hydrogen-bond donors (Lipinski definition) is 2. The Morgan fingerprint density at radius 2 is 2.08 bits per heavy atom. The van der Waals surface area contributed by atoms with E-state index in [9.17, 15) is 4.79 Å². The number of carbonyl (C=O) groups is 1. The summed E-state index contributed by atoms with van der Waals surface area (Å²) < 4.78 is 0. The molecule has 3 rings (SSSR count). The van der Waals surface area contributed by atoms with Gasteiger partial charge in [0.1, 0.15) is 0 Å². The van der Waals surface area contributed by atoms with Crippen molar-refractivity contribution in [2.45, 2.75) is 41.0 Å². The maximum absolute atomic E-state index is 12.3. The predicted molar refractivity (Wildman–Crippen MR) is 110 cm³/mol. The lowest BCUT2D eigenvalue weighted by Gasteiger charge is -2.27. The normalized spacial score (nSPS) is 16.2. The number of nitrogens with zero attached hydrogens (tertiary/aromatic N) is 1. The van der Waals surface area contributed by atoms with Gasteiger partial charge in [-0.05, 0) is 36.1 Å². The highest BCUT2D eigenvalue weighted by atomic mass is 16.2. The molecule has 0 aliphatic carbocycles. The highest BCUT2D eigenvalue weighted by molar-refractivity contribution is 5.99. The summed E-state index contributed by atoms with van der Waals surface area (Å²) in [6.07, 6.45) is 5.52. The van der Waals surface area contributed by atoms with Crippen LogP contribution in [0.15, 0.2) is 30.5 Å². The van der Waals surface area contributed by atoms with Crippen LogP contribution in [0.3, 0.4) is 0 Å². The topological polar surface area (TPSA) is 48.1 Å². The highest BCUT2D eigenvalue weighted by Crippen LogP contribution is 2.31. The molecule has 2 aromatic rings. The SMILES string of the molecule is CC(C)CN1CC=C(c2c[nH]c3ccc(NC(=O)C(C)(C)C)cc23)CC1. The minimum atomic E-state index is -0.401. The molecule has 1 aromatic carbocycles. The molecule has 4 heteroatoms. The number of benzene rings is 1. The van der Waals surface area contributed by atoms with Crippen LogP contribution in [0.1, 0.15) is 46.6 Å². The summed E-state index contributed by atoms with van der Waals surface area (Å²) in [4.78, 5) is 18.2. The van der Waals surface area contributed by atoms with Gasteiger partial charge in [0, 0.05) is 53.4 Å². The van der Waals surface area contributed by atoms with Gasteiger partial charge in [0.05, 0.1) is 0 Å². The van der Waals surface area contributed by atoms with Crippen LogP contribution in [0.25, 0.3) is 16.5 Å². The average Bonchev–Trinajstić information content (AvgIpc) is 2.97. The number of aromatic amines is 1. The third kappa shape index (κ3) is 4.18. The van der Waals surface area contributed by atoms with E-state index in [1.54, 1.807) is 0 Å². The molecule has 0 saturated carbocycles. The summed E-state index contributed by atoms with van der Waals surface area (Å²) in [5.74, 6) is 0.738. The third-order valence-corrected chi connectivity index (χ3v) is 4.88. The van der Waals surface area contributed by atoms with Gasteiger partial charge < -0.3 is 10.3 Å². The molecule has 0 unspecified atom stereocenters. The van der Waals surface area contributed by atoms with Crippen LogP contribution in [-0.4, -0.2) is 35.4 Å². The van der Waals surface area contributed by atoms with Gasteiger partial charge >= 0.3 is 0 Å². The van der Waals surface area contributed by atoms with Crippen LogP contribution >= 0.6 is 0 Å². The molecular weight excluding hydrogens is 322 g/mol. The zero-order chi connectivity index (χ0) is 18.9. The molecule has 2 N–H and O–H groups in total. The molecule has 1 amide bonds. The zero-order valence-corrected chi connectivity index (χ0v) is 16.6. The first-order chi connectivity index (χ1) is 12.2. The van der Waals surface area contributed by atoms with Crippen molar-refractivity contribution in [1.29, 1.82) is 0 Å². The second-order valence-electron chi connectivity index (χ2n) is 8.80. The molecule has 0 saturated heterocycles. The second kappa shape index (κ2) is 7.28. The maximum Gasteiger partial charge on any atom is 0.229 e.